The van der Waals surface area contributed by atoms with E-state index in [0.29, 0.717) is 24.2 Å². The lowest BCUT2D eigenvalue weighted by Crippen LogP contribution is -2.49. The molecule has 0 unspecified atom stereocenters. The summed E-state index contributed by atoms with van der Waals surface area (Å²) in [4.78, 5) is 14.8. The van der Waals surface area contributed by atoms with Gasteiger partial charge in [-0.3, -0.25) is 9.48 Å². The molecule has 7 heteroatoms. The van der Waals surface area contributed by atoms with E-state index in [1.54, 1.807) is 0 Å². The van der Waals surface area contributed by atoms with E-state index in [-0.39, 0.29) is 18.1 Å². The molecule has 2 atom stereocenters. The Kier molecular flexibility index (Phi) is 5.47. The molecular weight excluding hydrogens is 328 g/mol. The highest BCUT2D eigenvalue weighted by Crippen LogP contribution is 2.38. The molecule has 1 aromatic rings. The average molecular weight is 355 g/mol. The van der Waals surface area contributed by atoms with Crippen LogP contribution in [0, 0.1) is 12.8 Å². The quantitative estimate of drug-likeness (QED) is 0.900. The maximum absolute atomic E-state index is 12.9. The number of nitrogens with one attached hydrogen (secondary N) is 1. The Morgan fingerprint density at radius 2 is 2.29 bits per heavy atom. The van der Waals surface area contributed by atoms with Crippen LogP contribution in [0.25, 0.3) is 0 Å². The van der Waals surface area contributed by atoms with E-state index in [2.05, 4.69) is 24.3 Å². The number of halogens is 1. The highest BCUT2D eigenvalue weighted by Gasteiger charge is 2.37. The summed E-state index contributed by atoms with van der Waals surface area (Å²) in [7, 11) is 0. The van der Waals surface area contributed by atoms with Gasteiger partial charge < -0.3 is 15.0 Å². The third-order valence-corrected chi connectivity index (χ3v) is 5.12. The lowest BCUT2D eigenvalue weighted by Gasteiger charge is -2.31. The summed E-state index contributed by atoms with van der Waals surface area (Å²) >= 11 is 6.63. The first-order valence-electron chi connectivity index (χ1n) is 8.84. The second-order valence-electron chi connectivity index (χ2n) is 7.12. The lowest BCUT2D eigenvalue weighted by atomic mass is 10.1. The number of aryl methyl sites for hydroxylation is 1. The maximum atomic E-state index is 12.9. The van der Waals surface area contributed by atoms with Gasteiger partial charge in [0, 0.05) is 31.7 Å². The van der Waals surface area contributed by atoms with E-state index in [4.69, 9.17) is 16.3 Å². The zero-order valence-electron chi connectivity index (χ0n) is 14.7. The number of ether oxygens (including phenoxy) is 1. The van der Waals surface area contributed by atoms with Crippen molar-refractivity contribution in [3.05, 3.63) is 16.4 Å². The van der Waals surface area contributed by atoms with Gasteiger partial charge in [0.25, 0.3) is 5.91 Å². The van der Waals surface area contributed by atoms with Gasteiger partial charge in [0.15, 0.2) is 0 Å². The zero-order chi connectivity index (χ0) is 17.3. The van der Waals surface area contributed by atoms with Gasteiger partial charge in [0.1, 0.15) is 11.3 Å². The Balaban J connectivity index is 1.82. The van der Waals surface area contributed by atoms with Crippen LogP contribution in [0.2, 0.25) is 5.15 Å². The minimum atomic E-state index is -0.385. The molecule has 0 bridgehead atoms. The normalized spacial score (nSPS) is 24.8. The Hall–Kier alpha value is -1.11. The van der Waals surface area contributed by atoms with Crippen LogP contribution in [0.3, 0.4) is 0 Å². The number of amides is 1. The summed E-state index contributed by atoms with van der Waals surface area (Å²) in [6.45, 7) is 9.79. The first-order chi connectivity index (χ1) is 11.5. The topological polar surface area (TPSA) is 59.4 Å². The lowest BCUT2D eigenvalue weighted by molar-refractivity contribution is -0.146. The minimum absolute atomic E-state index is 0.0106. The van der Waals surface area contributed by atoms with Crippen LogP contribution >= 0.6 is 11.6 Å². The van der Waals surface area contributed by atoms with Gasteiger partial charge in [-0.15, -0.1) is 0 Å². The van der Waals surface area contributed by atoms with E-state index in [1.807, 2.05) is 16.5 Å². The highest BCUT2D eigenvalue weighted by molar-refractivity contribution is 6.30. The highest BCUT2D eigenvalue weighted by atomic mass is 35.5. The van der Waals surface area contributed by atoms with Crippen LogP contribution in [0.15, 0.2) is 0 Å². The van der Waals surface area contributed by atoms with Crippen molar-refractivity contribution in [1.82, 2.24) is 20.0 Å². The number of carbonyl (C=O) groups excluding carboxylic acids is 1. The molecule has 3 heterocycles. The van der Waals surface area contributed by atoms with Crippen LogP contribution in [-0.2, 0) is 16.1 Å². The van der Waals surface area contributed by atoms with E-state index >= 15 is 0 Å². The molecule has 1 N–H and O–H groups in total. The van der Waals surface area contributed by atoms with Crippen LogP contribution in [0.1, 0.15) is 44.0 Å². The fourth-order valence-corrected chi connectivity index (χ4v) is 4.02. The van der Waals surface area contributed by atoms with Gasteiger partial charge in [-0.25, -0.2) is 0 Å². The molecule has 0 saturated carbocycles. The molecule has 1 amide bonds. The smallest absolute Gasteiger partial charge is 0.253 e. The number of likely N-dealkylation sites (tertiary alicyclic amines) is 1. The van der Waals surface area contributed by atoms with Gasteiger partial charge in [0.05, 0.1) is 18.3 Å². The van der Waals surface area contributed by atoms with Crippen molar-refractivity contribution in [2.75, 3.05) is 26.2 Å². The van der Waals surface area contributed by atoms with Crippen molar-refractivity contribution in [2.24, 2.45) is 5.92 Å². The van der Waals surface area contributed by atoms with Gasteiger partial charge in [-0.2, -0.15) is 5.10 Å². The zero-order valence-corrected chi connectivity index (χ0v) is 15.5. The molecule has 0 aliphatic carbocycles. The van der Waals surface area contributed by atoms with Crippen LogP contribution in [0.5, 0.6) is 0 Å². The summed E-state index contributed by atoms with van der Waals surface area (Å²) in [5.74, 6) is 0.537. The van der Waals surface area contributed by atoms with Crippen molar-refractivity contribution in [2.45, 2.75) is 52.3 Å². The van der Waals surface area contributed by atoms with E-state index in [1.165, 1.54) is 0 Å². The molecule has 24 heavy (non-hydrogen) atoms. The molecule has 2 aliphatic rings. The number of hydrogen-bond acceptors (Lipinski definition) is 4. The van der Waals surface area contributed by atoms with Gasteiger partial charge in [0.2, 0.25) is 0 Å². The van der Waals surface area contributed by atoms with Crippen molar-refractivity contribution in [1.29, 1.82) is 0 Å². The Labute approximate surface area is 148 Å². The number of carbonyl (C=O) groups is 1. The molecule has 134 valence electrons. The molecular formula is C17H27ClN4O2. The Bertz CT molecular complexity index is 596. The molecule has 2 fully saturated rings. The molecule has 2 saturated heterocycles. The molecule has 3 rings (SSSR count). The fourth-order valence-electron chi connectivity index (χ4n) is 3.65. The van der Waals surface area contributed by atoms with Crippen molar-refractivity contribution < 1.29 is 9.53 Å². The van der Waals surface area contributed by atoms with Crippen LogP contribution < -0.4 is 5.32 Å². The predicted molar refractivity (Wildman–Crippen MR) is 93.1 cm³/mol. The molecule has 0 radical (unpaired) electrons. The standard InChI is InChI=1S/C17H27ClN4O2/c1-11(2)10-22-16(18)15(12(3)20-22)13-5-4-7-21(13)17(23)14-9-19-6-8-24-14/h11,13-14,19H,4-10H2,1-3H3/t13-,14-/m1/s1. The third kappa shape index (κ3) is 3.46. The van der Waals surface area contributed by atoms with E-state index in [0.717, 1.165) is 43.7 Å². The largest absolute Gasteiger partial charge is 0.366 e. The van der Waals surface area contributed by atoms with Crippen LogP contribution in [-0.4, -0.2) is 52.9 Å². The number of hydrogen-bond donors (Lipinski definition) is 1. The molecule has 0 spiro atoms. The third-order valence-electron chi connectivity index (χ3n) is 4.72. The van der Waals surface area contributed by atoms with Crippen molar-refractivity contribution in [3.8, 4) is 0 Å². The summed E-state index contributed by atoms with van der Waals surface area (Å²) in [6.07, 6.45) is 1.53. The fraction of sp³-hybridized carbons (Fsp3) is 0.765. The summed E-state index contributed by atoms with van der Waals surface area (Å²) in [5, 5.41) is 8.51. The molecule has 1 aromatic heterocycles. The average Bonchev–Trinajstić information content (AvgIpc) is 3.12. The first-order valence-corrected chi connectivity index (χ1v) is 9.22. The Morgan fingerprint density at radius 1 is 1.50 bits per heavy atom. The number of aromatic nitrogens is 2. The van der Waals surface area contributed by atoms with E-state index < -0.39 is 0 Å². The monoisotopic (exact) mass is 354 g/mol. The van der Waals surface area contributed by atoms with Crippen molar-refractivity contribution in [3.63, 3.8) is 0 Å². The summed E-state index contributed by atoms with van der Waals surface area (Å²) in [5.41, 5.74) is 1.93. The second-order valence-corrected chi connectivity index (χ2v) is 7.48. The molecule has 0 aromatic carbocycles. The number of morpholine rings is 1. The number of nitrogens with zero attached hydrogens (tertiary/aromatic N) is 3. The van der Waals surface area contributed by atoms with Crippen LogP contribution in [0.4, 0.5) is 0 Å². The molecule has 6 nitrogen and oxygen atoms in total. The number of rotatable bonds is 4. The van der Waals surface area contributed by atoms with E-state index in [9.17, 15) is 4.79 Å². The van der Waals surface area contributed by atoms with Gasteiger partial charge in [-0.05, 0) is 25.7 Å². The summed E-state index contributed by atoms with van der Waals surface area (Å²) < 4.78 is 7.52. The minimum Gasteiger partial charge on any atom is -0.366 e. The maximum Gasteiger partial charge on any atom is 0.253 e. The summed E-state index contributed by atoms with van der Waals surface area (Å²) in [6, 6.07) is 0.0106. The SMILES string of the molecule is Cc1nn(CC(C)C)c(Cl)c1[C@H]1CCCN1C(=O)[C@H]1CNCCO1. The van der Waals surface area contributed by atoms with Gasteiger partial charge >= 0.3 is 0 Å². The van der Waals surface area contributed by atoms with Gasteiger partial charge in [-0.1, -0.05) is 25.4 Å². The van der Waals surface area contributed by atoms with Crippen molar-refractivity contribution >= 4 is 17.5 Å². The second kappa shape index (κ2) is 7.42. The molecule has 2 aliphatic heterocycles. The first kappa shape index (κ1) is 17.7. The predicted octanol–water partition coefficient (Wildman–Crippen LogP) is 2.15. The Morgan fingerprint density at radius 3 is 2.96 bits per heavy atom.